The van der Waals surface area contributed by atoms with Crippen LogP contribution < -0.4 is 5.32 Å². The molecule has 1 heterocycles. The summed E-state index contributed by atoms with van der Waals surface area (Å²) in [5.41, 5.74) is 1.63. The molecule has 21 heavy (non-hydrogen) atoms. The van der Waals surface area contributed by atoms with Gasteiger partial charge in [-0.1, -0.05) is 6.07 Å². The number of benzene rings is 1. The number of nitrogens with zero attached hydrogens (tertiary/aromatic N) is 1. The summed E-state index contributed by atoms with van der Waals surface area (Å²) in [6, 6.07) is 5.48. The highest BCUT2D eigenvalue weighted by Crippen LogP contribution is 2.33. The number of halogens is 4. The van der Waals surface area contributed by atoms with E-state index in [1.165, 1.54) is 12.1 Å². The van der Waals surface area contributed by atoms with Crippen LogP contribution in [0.15, 0.2) is 41.1 Å². The van der Waals surface area contributed by atoms with Crippen molar-refractivity contribution in [2.24, 2.45) is 0 Å². The number of aryl methyl sites for hydroxylation is 1. The Morgan fingerprint density at radius 1 is 1.19 bits per heavy atom. The van der Waals surface area contributed by atoms with Gasteiger partial charge in [-0.15, -0.1) is 0 Å². The summed E-state index contributed by atoms with van der Waals surface area (Å²) in [4.78, 5) is 4.10. The molecule has 1 unspecified atom stereocenters. The molecule has 1 atom stereocenters. The number of nitrogens with one attached hydrogen (secondary N) is 1. The molecule has 6 heteroatoms. The average Bonchev–Trinajstić information content (AvgIpc) is 2.40. The van der Waals surface area contributed by atoms with Gasteiger partial charge in [-0.05, 0) is 64.8 Å². The Morgan fingerprint density at radius 2 is 1.90 bits per heavy atom. The third kappa shape index (κ3) is 3.63. The van der Waals surface area contributed by atoms with Crippen molar-refractivity contribution in [2.45, 2.75) is 19.1 Å². The fourth-order valence-electron chi connectivity index (χ4n) is 2.26. The van der Waals surface area contributed by atoms with Crippen molar-refractivity contribution in [1.29, 1.82) is 0 Å². The molecule has 0 saturated carbocycles. The Balaban J connectivity index is 2.44. The van der Waals surface area contributed by atoms with E-state index in [1.54, 1.807) is 26.4 Å². The van der Waals surface area contributed by atoms with Crippen molar-refractivity contribution in [3.05, 3.63) is 63.4 Å². The molecule has 0 bridgehead atoms. The van der Waals surface area contributed by atoms with Gasteiger partial charge in [-0.3, -0.25) is 4.98 Å². The molecule has 1 aromatic heterocycles. The Kier molecular flexibility index (Phi) is 4.68. The van der Waals surface area contributed by atoms with Crippen LogP contribution in [-0.4, -0.2) is 12.0 Å². The molecule has 112 valence electrons. The van der Waals surface area contributed by atoms with Crippen LogP contribution in [0.4, 0.5) is 13.2 Å². The van der Waals surface area contributed by atoms with E-state index in [2.05, 4.69) is 26.2 Å². The minimum atomic E-state index is -4.32. The third-order valence-corrected chi connectivity index (χ3v) is 3.69. The van der Waals surface area contributed by atoms with E-state index in [0.29, 0.717) is 5.56 Å². The Bertz CT molecular complexity index is 641. The summed E-state index contributed by atoms with van der Waals surface area (Å²) in [7, 11) is 1.77. The van der Waals surface area contributed by atoms with Gasteiger partial charge in [0, 0.05) is 16.9 Å². The van der Waals surface area contributed by atoms with E-state index in [-0.39, 0.29) is 6.04 Å². The lowest BCUT2D eigenvalue weighted by molar-refractivity contribution is -0.137. The number of rotatable bonds is 3. The molecule has 0 amide bonds. The summed E-state index contributed by atoms with van der Waals surface area (Å²) in [5.74, 6) is 0. The molecule has 1 N–H and O–H groups in total. The molecule has 0 aliphatic carbocycles. The normalized spacial score (nSPS) is 13.2. The molecule has 2 nitrogen and oxygen atoms in total. The van der Waals surface area contributed by atoms with E-state index in [0.717, 1.165) is 21.7 Å². The predicted octanol–water partition coefficient (Wildman–Crippen LogP) is 4.48. The largest absolute Gasteiger partial charge is 0.416 e. The van der Waals surface area contributed by atoms with E-state index in [9.17, 15) is 13.2 Å². The van der Waals surface area contributed by atoms with Gasteiger partial charge in [0.05, 0.1) is 11.6 Å². The van der Waals surface area contributed by atoms with Gasteiger partial charge < -0.3 is 5.32 Å². The van der Waals surface area contributed by atoms with Gasteiger partial charge in [-0.2, -0.15) is 13.2 Å². The second-order valence-electron chi connectivity index (χ2n) is 4.73. The van der Waals surface area contributed by atoms with Crippen LogP contribution in [0.25, 0.3) is 0 Å². The first-order valence-corrected chi connectivity index (χ1v) is 7.07. The maximum Gasteiger partial charge on any atom is 0.416 e. The zero-order chi connectivity index (χ0) is 15.6. The standard InChI is InChI=1S/C15H14BrF3N2/c1-9-5-11(15(17,18)19)3-4-13(9)14(20-2)10-6-12(16)8-21-7-10/h3-8,14,20H,1-2H3. The van der Waals surface area contributed by atoms with Crippen LogP contribution in [-0.2, 0) is 6.18 Å². The lowest BCUT2D eigenvalue weighted by Crippen LogP contribution is -2.19. The Hall–Kier alpha value is -1.40. The molecule has 0 spiro atoms. The van der Waals surface area contributed by atoms with Crippen LogP contribution >= 0.6 is 15.9 Å². The molecule has 2 aromatic rings. The minimum absolute atomic E-state index is 0.211. The molecule has 1 aromatic carbocycles. The second kappa shape index (κ2) is 6.15. The predicted molar refractivity (Wildman–Crippen MR) is 79.0 cm³/mol. The van der Waals surface area contributed by atoms with Gasteiger partial charge in [0.2, 0.25) is 0 Å². The van der Waals surface area contributed by atoms with Crippen LogP contribution in [0.5, 0.6) is 0 Å². The molecule has 2 rings (SSSR count). The van der Waals surface area contributed by atoms with Crippen molar-refractivity contribution in [3.8, 4) is 0 Å². The molecule has 0 saturated heterocycles. The van der Waals surface area contributed by atoms with E-state index in [4.69, 9.17) is 0 Å². The summed E-state index contributed by atoms with van der Waals surface area (Å²) in [5, 5.41) is 3.12. The van der Waals surface area contributed by atoms with Gasteiger partial charge in [0.25, 0.3) is 0 Å². The van der Waals surface area contributed by atoms with Crippen molar-refractivity contribution >= 4 is 15.9 Å². The maximum absolute atomic E-state index is 12.7. The number of alkyl halides is 3. The summed E-state index contributed by atoms with van der Waals surface area (Å²) in [6.45, 7) is 1.68. The van der Waals surface area contributed by atoms with Gasteiger partial charge in [0.1, 0.15) is 0 Å². The molecular formula is C15H14BrF3N2. The topological polar surface area (TPSA) is 24.9 Å². The molecule has 0 radical (unpaired) electrons. The van der Waals surface area contributed by atoms with E-state index < -0.39 is 11.7 Å². The molecular weight excluding hydrogens is 345 g/mol. The van der Waals surface area contributed by atoms with E-state index >= 15 is 0 Å². The smallest absolute Gasteiger partial charge is 0.309 e. The zero-order valence-corrected chi connectivity index (χ0v) is 13.1. The van der Waals surface area contributed by atoms with Crippen molar-refractivity contribution < 1.29 is 13.2 Å². The Morgan fingerprint density at radius 3 is 2.43 bits per heavy atom. The fraction of sp³-hybridized carbons (Fsp3) is 0.267. The van der Waals surface area contributed by atoms with Crippen molar-refractivity contribution in [3.63, 3.8) is 0 Å². The Labute approximate surface area is 129 Å². The van der Waals surface area contributed by atoms with Gasteiger partial charge in [-0.25, -0.2) is 0 Å². The molecule has 0 aliphatic rings. The fourth-order valence-corrected chi connectivity index (χ4v) is 2.65. The van der Waals surface area contributed by atoms with Crippen molar-refractivity contribution in [1.82, 2.24) is 10.3 Å². The highest BCUT2D eigenvalue weighted by atomic mass is 79.9. The van der Waals surface area contributed by atoms with Gasteiger partial charge >= 0.3 is 6.18 Å². The lowest BCUT2D eigenvalue weighted by Gasteiger charge is -2.20. The first-order valence-electron chi connectivity index (χ1n) is 6.28. The quantitative estimate of drug-likeness (QED) is 0.874. The summed E-state index contributed by atoms with van der Waals surface area (Å²) >= 11 is 3.35. The number of hydrogen-bond donors (Lipinski definition) is 1. The number of hydrogen-bond acceptors (Lipinski definition) is 2. The lowest BCUT2D eigenvalue weighted by atomic mass is 9.94. The third-order valence-electron chi connectivity index (χ3n) is 3.26. The minimum Gasteiger partial charge on any atom is -0.309 e. The monoisotopic (exact) mass is 358 g/mol. The zero-order valence-electron chi connectivity index (χ0n) is 11.5. The number of aromatic nitrogens is 1. The highest BCUT2D eigenvalue weighted by Gasteiger charge is 2.31. The molecule has 0 fully saturated rings. The van der Waals surface area contributed by atoms with E-state index in [1.807, 2.05) is 6.07 Å². The highest BCUT2D eigenvalue weighted by molar-refractivity contribution is 9.10. The number of pyridine rings is 1. The van der Waals surface area contributed by atoms with Crippen LogP contribution in [0.3, 0.4) is 0 Å². The average molecular weight is 359 g/mol. The SMILES string of the molecule is CNC(c1cncc(Br)c1)c1ccc(C(F)(F)F)cc1C. The maximum atomic E-state index is 12.7. The summed E-state index contributed by atoms with van der Waals surface area (Å²) in [6.07, 6.45) is -0.964. The first kappa shape index (κ1) is 16.0. The van der Waals surface area contributed by atoms with Crippen LogP contribution in [0.1, 0.15) is 28.3 Å². The van der Waals surface area contributed by atoms with Crippen molar-refractivity contribution in [2.75, 3.05) is 7.05 Å². The first-order chi connectivity index (χ1) is 9.82. The summed E-state index contributed by atoms with van der Waals surface area (Å²) < 4.78 is 39.0. The van der Waals surface area contributed by atoms with Gasteiger partial charge in [0.15, 0.2) is 0 Å². The van der Waals surface area contributed by atoms with Crippen LogP contribution in [0.2, 0.25) is 0 Å². The molecule has 0 aliphatic heterocycles. The second-order valence-corrected chi connectivity index (χ2v) is 5.64. The van der Waals surface area contributed by atoms with Crippen LogP contribution in [0, 0.1) is 6.92 Å².